The number of rotatable bonds is 5. The molecule has 3 aromatic rings. The minimum atomic E-state index is -0.532. The Kier molecular flexibility index (Phi) is 5.57. The molecule has 130 valence electrons. The molecule has 0 bridgehead atoms. The van der Waals surface area contributed by atoms with Crippen LogP contribution < -0.4 is 4.74 Å². The van der Waals surface area contributed by atoms with Gasteiger partial charge in [-0.3, -0.25) is 0 Å². The molecule has 0 amide bonds. The maximum absolute atomic E-state index is 12.2. The molecule has 0 saturated heterocycles. The van der Waals surface area contributed by atoms with Crippen molar-refractivity contribution < 1.29 is 18.7 Å². The van der Waals surface area contributed by atoms with Crippen LogP contribution in [0.2, 0.25) is 10.0 Å². The Morgan fingerprint density at radius 1 is 1.16 bits per heavy atom. The Bertz CT molecular complexity index is 936. The monoisotopic (exact) mass is 442 g/mol. The van der Waals surface area contributed by atoms with E-state index in [1.807, 2.05) is 19.1 Å². The number of carbonyl (C=O) groups excluding carboxylic acids is 1. The van der Waals surface area contributed by atoms with E-state index in [-0.39, 0.29) is 19.0 Å². The average Bonchev–Trinajstić information content (AvgIpc) is 2.90. The Labute approximate surface area is 162 Å². The van der Waals surface area contributed by atoms with Gasteiger partial charge in [-0.25, -0.2) is 4.79 Å². The van der Waals surface area contributed by atoms with E-state index in [9.17, 15) is 4.79 Å². The van der Waals surface area contributed by atoms with Crippen molar-refractivity contribution in [1.29, 1.82) is 0 Å². The Hall–Kier alpha value is -1.69. The molecule has 25 heavy (non-hydrogen) atoms. The molecule has 2 aromatic carbocycles. The van der Waals surface area contributed by atoms with Crippen molar-refractivity contribution in [3.63, 3.8) is 0 Å². The van der Waals surface area contributed by atoms with Crippen LogP contribution in [0.1, 0.15) is 16.1 Å². The first-order chi connectivity index (χ1) is 12.0. The first kappa shape index (κ1) is 18.1. The minimum Gasteiger partial charge on any atom is -0.488 e. The van der Waals surface area contributed by atoms with E-state index in [0.717, 1.165) is 15.4 Å². The lowest BCUT2D eigenvalue weighted by Crippen LogP contribution is -2.12. The average molecular weight is 444 g/mol. The number of furan rings is 1. The lowest BCUT2D eigenvalue weighted by atomic mass is 10.1. The number of halogens is 3. The van der Waals surface area contributed by atoms with Gasteiger partial charge in [0, 0.05) is 20.4 Å². The van der Waals surface area contributed by atoms with Crippen molar-refractivity contribution in [3.8, 4) is 5.75 Å². The third-order valence-electron chi connectivity index (χ3n) is 3.55. The van der Waals surface area contributed by atoms with Crippen LogP contribution in [0, 0.1) is 6.92 Å². The van der Waals surface area contributed by atoms with Gasteiger partial charge in [0.25, 0.3) is 0 Å². The lowest BCUT2D eigenvalue weighted by molar-refractivity contribution is 0.0416. The maximum Gasteiger partial charge on any atom is 0.374 e. The Morgan fingerprint density at radius 2 is 1.96 bits per heavy atom. The molecule has 3 rings (SSSR count). The summed E-state index contributed by atoms with van der Waals surface area (Å²) in [5.41, 5.74) is 1.37. The Balaban J connectivity index is 1.60. The predicted octanol–water partition coefficient (Wildman–Crippen LogP) is 6.05. The second-order valence-electron chi connectivity index (χ2n) is 5.26. The first-order valence-corrected chi connectivity index (χ1v) is 8.94. The van der Waals surface area contributed by atoms with Crippen LogP contribution >= 0.6 is 39.1 Å². The summed E-state index contributed by atoms with van der Waals surface area (Å²) in [6, 6.07) is 10.5. The van der Waals surface area contributed by atoms with Crippen molar-refractivity contribution in [3.05, 3.63) is 62.2 Å². The van der Waals surface area contributed by atoms with Crippen LogP contribution in [0.15, 0.2) is 45.3 Å². The van der Waals surface area contributed by atoms with Gasteiger partial charge in [0.2, 0.25) is 5.76 Å². The largest absolute Gasteiger partial charge is 0.488 e. The zero-order valence-electron chi connectivity index (χ0n) is 13.1. The topological polar surface area (TPSA) is 48.7 Å². The van der Waals surface area contributed by atoms with Gasteiger partial charge in [0.05, 0.1) is 5.02 Å². The van der Waals surface area contributed by atoms with Gasteiger partial charge >= 0.3 is 5.97 Å². The van der Waals surface area contributed by atoms with Crippen molar-refractivity contribution in [1.82, 2.24) is 0 Å². The number of benzene rings is 2. The summed E-state index contributed by atoms with van der Waals surface area (Å²) < 4.78 is 17.2. The molecule has 1 aromatic heterocycles. The number of hydrogen-bond donors (Lipinski definition) is 0. The lowest BCUT2D eigenvalue weighted by Gasteiger charge is -2.08. The fourth-order valence-corrected chi connectivity index (χ4v) is 3.16. The molecule has 0 aliphatic rings. The molecule has 0 aliphatic heterocycles. The maximum atomic E-state index is 12.2. The second kappa shape index (κ2) is 7.68. The summed E-state index contributed by atoms with van der Waals surface area (Å²) in [7, 11) is 0. The summed E-state index contributed by atoms with van der Waals surface area (Å²) in [4.78, 5) is 12.2. The molecule has 0 unspecified atom stereocenters. The van der Waals surface area contributed by atoms with Crippen molar-refractivity contribution >= 4 is 56.1 Å². The van der Waals surface area contributed by atoms with Gasteiger partial charge in [0.15, 0.2) is 0 Å². The van der Waals surface area contributed by atoms with Crippen molar-refractivity contribution in [2.45, 2.75) is 6.92 Å². The van der Waals surface area contributed by atoms with Gasteiger partial charge in [-0.1, -0.05) is 39.1 Å². The van der Waals surface area contributed by atoms with Gasteiger partial charge in [0.1, 0.15) is 24.5 Å². The molecule has 0 saturated carbocycles. The summed E-state index contributed by atoms with van der Waals surface area (Å²) in [5, 5.41) is 1.79. The van der Waals surface area contributed by atoms with E-state index in [1.165, 1.54) is 0 Å². The summed E-state index contributed by atoms with van der Waals surface area (Å²) in [6.07, 6.45) is 0. The highest BCUT2D eigenvalue weighted by atomic mass is 79.9. The molecule has 4 nitrogen and oxygen atoms in total. The molecule has 0 radical (unpaired) electrons. The molecule has 7 heteroatoms. The van der Waals surface area contributed by atoms with Gasteiger partial charge in [-0.15, -0.1) is 0 Å². The quantitative estimate of drug-likeness (QED) is 0.356. The molecular formula is C18H13BrCl2O4. The fraction of sp³-hybridized carbons (Fsp3) is 0.167. The third-order valence-corrected chi connectivity index (χ3v) is 4.58. The van der Waals surface area contributed by atoms with Gasteiger partial charge in [-0.2, -0.15) is 0 Å². The smallest absolute Gasteiger partial charge is 0.374 e. The third kappa shape index (κ3) is 4.11. The number of carbonyl (C=O) groups is 1. The van der Waals surface area contributed by atoms with E-state index in [2.05, 4.69) is 15.9 Å². The molecule has 1 heterocycles. The molecule has 0 N–H and O–H groups in total. The second-order valence-corrected chi connectivity index (χ2v) is 7.02. The standard InChI is InChI=1S/C18H13BrCl2O4/c1-10-13-8-11(19)2-4-15(13)25-17(10)18(22)24-7-6-23-16-5-3-12(20)9-14(16)21/h2-5,8-9H,6-7H2,1H3. The van der Waals surface area contributed by atoms with Crippen LogP contribution in [0.4, 0.5) is 0 Å². The van der Waals surface area contributed by atoms with Crippen LogP contribution in [0.3, 0.4) is 0 Å². The number of fused-ring (bicyclic) bond motifs is 1. The normalized spacial score (nSPS) is 10.9. The number of esters is 1. The SMILES string of the molecule is Cc1c(C(=O)OCCOc2ccc(Cl)cc2Cl)oc2ccc(Br)cc12. The van der Waals surface area contributed by atoms with Crippen LogP contribution in [-0.4, -0.2) is 19.2 Å². The number of hydrogen-bond acceptors (Lipinski definition) is 4. The zero-order valence-corrected chi connectivity index (χ0v) is 16.2. The van der Waals surface area contributed by atoms with Crippen molar-refractivity contribution in [2.75, 3.05) is 13.2 Å². The molecule has 0 fully saturated rings. The van der Waals surface area contributed by atoms with Gasteiger partial charge in [-0.05, 0) is 43.3 Å². The Morgan fingerprint density at radius 3 is 2.72 bits per heavy atom. The van der Waals surface area contributed by atoms with E-state index in [4.69, 9.17) is 37.1 Å². The predicted molar refractivity (Wildman–Crippen MR) is 101 cm³/mol. The van der Waals surface area contributed by atoms with E-state index >= 15 is 0 Å². The van der Waals surface area contributed by atoms with Gasteiger partial charge < -0.3 is 13.9 Å². The van der Waals surface area contributed by atoms with Crippen molar-refractivity contribution in [2.24, 2.45) is 0 Å². The van der Waals surface area contributed by atoms with E-state index in [0.29, 0.717) is 21.4 Å². The molecular weight excluding hydrogens is 431 g/mol. The van der Waals surface area contributed by atoms with E-state index in [1.54, 1.807) is 24.3 Å². The van der Waals surface area contributed by atoms with E-state index < -0.39 is 5.97 Å². The van der Waals surface area contributed by atoms with Crippen LogP contribution in [0.5, 0.6) is 5.75 Å². The minimum absolute atomic E-state index is 0.0674. The summed E-state index contributed by atoms with van der Waals surface area (Å²) >= 11 is 15.2. The fourth-order valence-electron chi connectivity index (χ4n) is 2.33. The number of ether oxygens (including phenoxy) is 2. The summed E-state index contributed by atoms with van der Waals surface area (Å²) in [5.74, 6) is 0.139. The first-order valence-electron chi connectivity index (χ1n) is 7.39. The molecule has 0 atom stereocenters. The van der Waals surface area contributed by atoms with Crippen LogP contribution in [0.25, 0.3) is 11.0 Å². The van der Waals surface area contributed by atoms with Crippen LogP contribution in [-0.2, 0) is 4.74 Å². The molecule has 0 aliphatic carbocycles. The summed E-state index contributed by atoms with van der Waals surface area (Å²) in [6.45, 7) is 2.05. The zero-order chi connectivity index (χ0) is 18.0. The highest BCUT2D eigenvalue weighted by molar-refractivity contribution is 9.10. The number of aryl methyl sites for hydroxylation is 1. The molecule has 0 spiro atoms. The highest BCUT2D eigenvalue weighted by Crippen LogP contribution is 2.29. The highest BCUT2D eigenvalue weighted by Gasteiger charge is 2.19.